The van der Waals surface area contributed by atoms with Gasteiger partial charge in [-0.15, -0.1) is 0 Å². The molecular formula is C8H10BNO3. The Labute approximate surface area is 77.8 Å². The van der Waals surface area contributed by atoms with Gasteiger partial charge in [0.2, 0.25) is 0 Å². The molecule has 0 atom stereocenters. The van der Waals surface area contributed by atoms with Crippen molar-refractivity contribution in [3.05, 3.63) is 35.4 Å². The van der Waals surface area contributed by atoms with E-state index in [1.54, 1.807) is 24.3 Å². The number of nitrogens with two attached hydrogens (primary N) is 1. The number of hydrogen-bond donors (Lipinski definition) is 1. The van der Waals surface area contributed by atoms with E-state index in [1.807, 2.05) is 0 Å². The van der Waals surface area contributed by atoms with Gasteiger partial charge in [-0.1, -0.05) is 0 Å². The zero-order valence-corrected chi connectivity index (χ0v) is 6.97. The Bertz CT molecular complexity index is 261. The van der Waals surface area contributed by atoms with E-state index in [4.69, 9.17) is 13.6 Å². The van der Waals surface area contributed by atoms with Gasteiger partial charge >= 0.3 is 66.0 Å². The molecule has 0 saturated carbocycles. The molecule has 68 valence electrons. The summed E-state index contributed by atoms with van der Waals surface area (Å²) in [7, 11) is 5.36. The predicted octanol–water partition coefficient (Wildman–Crippen LogP) is 0.100. The maximum Gasteiger partial charge on any atom is -0.870 e. The van der Waals surface area contributed by atoms with Gasteiger partial charge in [-0.25, -0.2) is 0 Å². The summed E-state index contributed by atoms with van der Waals surface area (Å²) in [6.07, 6.45) is 0.485. The standard InChI is InChI=1S/C8H8BNO.2H2O/c9-5-6-1-3-7(4-2-6)8(10)11;;/h1-4H,5H2,(H2,10,11);2*1H2/q+2;;/p-2. The maximum absolute atomic E-state index is 10.6. The summed E-state index contributed by atoms with van der Waals surface area (Å²) in [5.41, 5.74) is 6.55. The largest absolute Gasteiger partial charge is 0.870 e. The van der Waals surface area contributed by atoms with Crippen molar-refractivity contribution in [1.29, 1.82) is 0 Å². The van der Waals surface area contributed by atoms with Crippen LogP contribution >= 0.6 is 0 Å². The molecule has 0 unspecified atom stereocenters. The van der Waals surface area contributed by atoms with Crippen LogP contribution < -0.4 is 5.73 Å². The first-order valence-corrected chi connectivity index (χ1v) is 3.33. The molecule has 1 amide bonds. The molecule has 4 nitrogen and oxygen atoms in total. The average molecular weight is 179 g/mol. The van der Waals surface area contributed by atoms with Gasteiger partial charge in [0.1, 0.15) is 0 Å². The van der Waals surface area contributed by atoms with Gasteiger partial charge in [0, 0.05) is 0 Å². The molecule has 1 rings (SSSR count). The number of hydrogen-bond acceptors (Lipinski definition) is 3. The van der Waals surface area contributed by atoms with Crippen LogP contribution in [-0.4, -0.2) is 24.7 Å². The summed E-state index contributed by atoms with van der Waals surface area (Å²) in [5, 5.41) is 0. The van der Waals surface area contributed by atoms with Crippen molar-refractivity contribution in [2.75, 3.05) is 0 Å². The van der Waals surface area contributed by atoms with Crippen LogP contribution in [0.3, 0.4) is 0 Å². The minimum absolute atomic E-state index is 0. The topological polar surface area (TPSA) is 103 Å². The molecular weight excluding hydrogens is 169 g/mol. The van der Waals surface area contributed by atoms with E-state index < -0.39 is 5.91 Å². The van der Waals surface area contributed by atoms with E-state index in [0.717, 1.165) is 5.56 Å². The molecule has 1 aromatic rings. The second-order valence-electron chi connectivity index (χ2n) is 2.27. The molecule has 5 heteroatoms. The van der Waals surface area contributed by atoms with Gasteiger partial charge in [-0.3, -0.25) is 0 Å². The van der Waals surface area contributed by atoms with Crippen LogP contribution in [0.5, 0.6) is 0 Å². The predicted molar refractivity (Wildman–Crippen MR) is 48.3 cm³/mol. The van der Waals surface area contributed by atoms with Crippen LogP contribution in [-0.2, 0) is 6.32 Å². The number of carbonyl (C=O) groups excluding carboxylic acids is 1. The summed E-state index contributed by atoms with van der Waals surface area (Å²) < 4.78 is 0. The average Bonchev–Trinajstić information content (AvgIpc) is 2.05. The first-order valence-electron chi connectivity index (χ1n) is 3.33. The van der Waals surface area contributed by atoms with Crippen molar-refractivity contribution in [2.45, 2.75) is 6.32 Å². The Morgan fingerprint density at radius 3 is 2.00 bits per heavy atom. The Morgan fingerprint density at radius 1 is 1.23 bits per heavy atom. The van der Waals surface area contributed by atoms with Crippen LogP contribution in [0.1, 0.15) is 15.9 Å². The fourth-order valence-electron chi connectivity index (χ4n) is 0.805. The normalized spacial score (nSPS) is 8.15. The van der Waals surface area contributed by atoms with Crippen LogP contribution in [0.25, 0.3) is 0 Å². The minimum atomic E-state index is -0.409. The monoisotopic (exact) mass is 179 g/mol. The van der Waals surface area contributed by atoms with Gasteiger partial charge in [0.05, 0.1) is 0 Å². The molecule has 0 heterocycles. The van der Waals surface area contributed by atoms with E-state index in [9.17, 15) is 4.79 Å². The van der Waals surface area contributed by atoms with Crippen molar-refractivity contribution in [2.24, 2.45) is 5.73 Å². The molecule has 0 saturated heterocycles. The van der Waals surface area contributed by atoms with Gasteiger partial charge in [-0.05, 0) is 0 Å². The molecule has 4 N–H and O–H groups in total. The zero-order chi connectivity index (χ0) is 8.27. The number of rotatable bonds is 2. The molecule has 0 spiro atoms. The van der Waals surface area contributed by atoms with Gasteiger partial charge < -0.3 is 11.0 Å². The van der Waals surface area contributed by atoms with Gasteiger partial charge in [-0.2, -0.15) is 0 Å². The van der Waals surface area contributed by atoms with Crippen LogP contribution in [0.2, 0.25) is 0 Å². The molecule has 0 bridgehead atoms. The quantitative estimate of drug-likeness (QED) is 0.650. The van der Waals surface area contributed by atoms with Crippen LogP contribution in [0.15, 0.2) is 24.3 Å². The second kappa shape index (κ2) is 6.22. The van der Waals surface area contributed by atoms with Crippen molar-refractivity contribution in [1.82, 2.24) is 0 Å². The Kier molecular flexibility index (Phi) is 6.80. The molecule has 13 heavy (non-hydrogen) atoms. The van der Waals surface area contributed by atoms with Crippen molar-refractivity contribution >= 4 is 13.8 Å². The summed E-state index contributed by atoms with van der Waals surface area (Å²) >= 11 is 0. The third kappa shape index (κ3) is 3.73. The Hall–Kier alpha value is -1.33. The van der Waals surface area contributed by atoms with Crippen LogP contribution in [0.4, 0.5) is 0 Å². The fourth-order valence-corrected chi connectivity index (χ4v) is 0.805. The zero-order valence-electron chi connectivity index (χ0n) is 6.97. The molecule has 0 fully saturated rings. The molecule has 0 aliphatic carbocycles. The Morgan fingerprint density at radius 2 is 1.69 bits per heavy atom. The molecule has 1 aromatic carbocycles. The third-order valence-corrected chi connectivity index (χ3v) is 1.47. The Balaban J connectivity index is 0. The van der Waals surface area contributed by atoms with Crippen LogP contribution in [0, 0.1) is 0 Å². The van der Waals surface area contributed by atoms with Gasteiger partial charge in [0.25, 0.3) is 0 Å². The fraction of sp³-hybridized carbons (Fsp3) is 0.125. The summed E-state index contributed by atoms with van der Waals surface area (Å²) in [4.78, 5) is 10.6. The second-order valence-corrected chi connectivity index (χ2v) is 2.27. The number of primary amides is 1. The molecule has 0 aromatic heterocycles. The summed E-state index contributed by atoms with van der Waals surface area (Å²) in [6, 6.07) is 6.93. The van der Waals surface area contributed by atoms with E-state index in [0.29, 0.717) is 11.9 Å². The van der Waals surface area contributed by atoms with Crippen molar-refractivity contribution in [3.63, 3.8) is 0 Å². The smallest absolute Gasteiger partial charge is 0.870 e. The molecule has 0 aliphatic rings. The molecule has 0 radical (unpaired) electrons. The SMILES string of the molecule is [B+2]Cc1ccc(C(N)=O)cc1.[OH-].[OH-]. The van der Waals surface area contributed by atoms with E-state index in [1.165, 1.54) is 0 Å². The van der Waals surface area contributed by atoms with E-state index in [2.05, 4.69) is 0 Å². The minimum Gasteiger partial charge on any atom is -0.870 e. The third-order valence-electron chi connectivity index (χ3n) is 1.47. The van der Waals surface area contributed by atoms with Gasteiger partial charge in [0.15, 0.2) is 0 Å². The number of amides is 1. The number of benzene rings is 1. The summed E-state index contributed by atoms with van der Waals surface area (Å²) in [5.74, 6) is -0.409. The van der Waals surface area contributed by atoms with Crippen molar-refractivity contribution in [3.8, 4) is 0 Å². The number of carbonyl (C=O) groups is 1. The first-order chi connectivity index (χ1) is 5.24. The summed E-state index contributed by atoms with van der Waals surface area (Å²) in [6.45, 7) is 0. The van der Waals surface area contributed by atoms with Crippen molar-refractivity contribution < 1.29 is 15.7 Å². The maximum atomic E-state index is 10.6. The first kappa shape index (κ1) is 14.2. The van der Waals surface area contributed by atoms with E-state index >= 15 is 0 Å². The van der Waals surface area contributed by atoms with E-state index in [-0.39, 0.29) is 11.0 Å². The molecule has 0 aliphatic heterocycles.